The lowest BCUT2D eigenvalue weighted by atomic mass is 9.74. The average molecular weight is 707 g/mol. The first-order valence-electron chi connectivity index (χ1n) is 18.9. The molecular weight excluding hydrogens is 644 g/mol. The lowest BCUT2D eigenvalue weighted by Gasteiger charge is -2.51. The van der Waals surface area contributed by atoms with Crippen molar-refractivity contribution in [3.8, 4) is 0 Å². The van der Waals surface area contributed by atoms with Gasteiger partial charge in [-0.05, 0) is 69.4 Å². The van der Waals surface area contributed by atoms with Crippen molar-refractivity contribution in [1.29, 1.82) is 0 Å². The third kappa shape index (κ3) is 11.6. The van der Waals surface area contributed by atoms with Crippen molar-refractivity contribution in [2.45, 2.75) is 172 Å². The first-order valence-corrected chi connectivity index (χ1v) is 18.9. The van der Waals surface area contributed by atoms with Gasteiger partial charge >= 0.3 is 11.9 Å². The summed E-state index contributed by atoms with van der Waals surface area (Å²) in [4.78, 5) is 26.0. The number of ether oxygens (including phenoxy) is 7. The number of carbonyl (C=O) groups excluding carboxylic acids is 2. The highest BCUT2D eigenvalue weighted by atomic mass is 16.7. The van der Waals surface area contributed by atoms with E-state index < -0.39 is 47.7 Å². The summed E-state index contributed by atoms with van der Waals surface area (Å²) in [5.41, 5.74) is -0.849. The van der Waals surface area contributed by atoms with Crippen LogP contribution in [-0.2, 0) is 42.7 Å². The largest absolute Gasteiger partial charge is 0.493 e. The molecule has 4 rings (SSSR count). The zero-order valence-corrected chi connectivity index (χ0v) is 30.8. The van der Waals surface area contributed by atoms with Crippen molar-refractivity contribution in [3.63, 3.8) is 0 Å². The maximum absolute atomic E-state index is 13.3. The number of aliphatic hydroxyl groups is 2. The third-order valence-electron chi connectivity index (χ3n) is 10.4. The molecule has 8 atom stereocenters. The van der Waals surface area contributed by atoms with Crippen LogP contribution < -0.4 is 0 Å². The number of methoxy groups -OCH3 is 1. The number of hydrogen-bond donors (Lipinski definition) is 2. The smallest absolute Gasteiger partial charge is 0.330 e. The van der Waals surface area contributed by atoms with E-state index >= 15 is 0 Å². The van der Waals surface area contributed by atoms with E-state index in [-0.39, 0.29) is 44.2 Å². The molecule has 6 bridgehead atoms. The normalized spacial score (nSPS) is 35.4. The van der Waals surface area contributed by atoms with Crippen LogP contribution in [0.2, 0.25) is 0 Å². The molecule has 3 fully saturated rings. The van der Waals surface area contributed by atoms with Crippen molar-refractivity contribution < 1.29 is 53.0 Å². The van der Waals surface area contributed by atoms with Gasteiger partial charge in [-0.1, -0.05) is 59.1 Å². The summed E-state index contributed by atoms with van der Waals surface area (Å²) in [6.07, 6.45) is 13.9. The van der Waals surface area contributed by atoms with E-state index in [1.807, 2.05) is 0 Å². The van der Waals surface area contributed by atoms with E-state index in [4.69, 9.17) is 33.2 Å². The maximum Gasteiger partial charge on any atom is 0.330 e. The zero-order chi connectivity index (χ0) is 36.1. The molecule has 4 aliphatic rings. The van der Waals surface area contributed by atoms with Crippen molar-refractivity contribution in [3.05, 3.63) is 36.1 Å². The maximum atomic E-state index is 13.3. The number of aliphatic hydroxyl groups excluding tert-OH is 1. The minimum absolute atomic E-state index is 0.0431. The van der Waals surface area contributed by atoms with Gasteiger partial charge in [0, 0.05) is 30.8 Å². The molecule has 3 saturated heterocycles. The Balaban J connectivity index is 1.66. The SMILES string of the molecule is C=C1CCC[C@@H]2CCC[C@H](C[C@@H]3CCO[C@H](/C=C/C(C)(C)[C@]4(O)OC(C/C(=C\C(=O)OC)[C@@H]4OC(=O)CCCCCCC)CC(CO)O1)O3)O2. The molecule has 4 aliphatic heterocycles. The van der Waals surface area contributed by atoms with Gasteiger partial charge in [0.05, 0.1) is 50.5 Å². The van der Waals surface area contributed by atoms with Gasteiger partial charge in [-0.3, -0.25) is 4.79 Å². The number of fused-ring (bicyclic) bond motifs is 6. The van der Waals surface area contributed by atoms with Crippen molar-refractivity contribution in [1.82, 2.24) is 0 Å². The van der Waals surface area contributed by atoms with Gasteiger partial charge in [0.25, 0.3) is 0 Å². The quantitative estimate of drug-likeness (QED) is 0.120. The molecule has 0 spiro atoms. The Bertz CT molecular complexity index is 1160. The molecule has 2 N–H and O–H groups in total. The second-order valence-corrected chi connectivity index (χ2v) is 14.9. The van der Waals surface area contributed by atoms with Crippen LogP contribution in [0.25, 0.3) is 0 Å². The molecule has 0 aliphatic carbocycles. The summed E-state index contributed by atoms with van der Waals surface area (Å²) in [5, 5.41) is 23.0. The highest BCUT2D eigenvalue weighted by Gasteiger charge is 2.57. The molecule has 0 aromatic heterocycles. The van der Waals surface area contributed by atoms with E-state index in [0.717, 1.165) is 70.6 Å². The van der Waals surface area contributed by atoms with E-state index in [9.17, 15) is 19.8 Å². The lowest BCUT2D eigenvalue weighted by molar-refractivity contribution is -0.327. The third-order valence-corrected chi connectivity index (χ3v) is 10.4. The summed E-state index contributed by atoms with van der Waals surface area (Å²) in [6, 6.07) is 0. The van der Waals surface area contributed by atoms with Crippen LogP contribution in [0.15, 0.2) is 36.1 Å². The van der Waals surface area contributed by atoms with E-state index in [0.29, 0.717) is 30.8 Å². The second-order valence-electron chi connectivity index (χ2n) is 14.9. The molecule has 11 nitrogen and oxygen atoms in total. The average Bonchev–Trinajstić information content (AvgIpc) is 3.08. The van der Waals surface area contributed by atoms with E-state index in [1.54, 1.807) is 26.0 Å². The summed E-state index contributed by atoms with van der Waals surface area (Å²) < 4.78 is 42.5. The van der Waals surface area contributed by atoms with Crippen molar-refractivity contribution in [2.24, 2.45) is 5.41 Å². The van der Waals surface area contributed by atoms with Gasteiger partial charge in [-0.15, -0.1) is 0 Å². The molecule has 50 heavy (non-hydrogen) atoms. The zero-order valence-electron chi connectivity index (χ0n) is 30.8. The highest BCUT2D eigenvalue weighted by Crippen LogP contribution is 2.47. The minimum Gasteiger partial charge on any atom is -0.493 e. The molecule has 0 saturated carbocycles. The summed E-state index contributed by atoms with van der Waals surface area (Å²) in [5.74, 6) is -2.73. The fourth-order valence-electron chi connectivity index (χ4n) is 7.42. The number of rotatable bonds is 9. The standard InChI is InChI=1S/C39H62O11/c1-6-7-8-9-10-17-34(41)49-37-28(23-35(42)44-5)22-32-25-33(26-40)46-27(2)13-11-14-29-15-12-16-30(47-29)24-31-19-21-45-36(48-31)18-20-38(3,4)39(37,43)50-32/h18,20,23,29-33,36-37,40,43H,2,6-17,19,21-22,24-26H2,1,3-5H3/b20-18+,28-23+/t29-,30-,31+,32?,33?,36+,37+,39-/m1/s1. The van der Waals surface area contributed by atoms with Gasteiger partial charge in [-0.2, -0.15) is 0 Å². The number of carbonyl (C=O) groups is 2. The van der Waals surface area contributed by atoms with Crippen LogP contribution >= 0.6 is 0 Å². The molecule has 0 aromatic carbocycles. The number of allylic oxidation sites excluding steroid dienone is 1. The van der Waals surface area contributed by atoms with E-state index in [1.165, 1.54) is 13.2 Å². The predicted molar refractivity (Wildman–Crippen MR) is 187 cm³/mol. The monoisotopic (exact) mass is 706 g/mol. The first kappa shape index (κ1) is 40.5. The second kappa shape index (κ2) is 19.5. The fourth-order valence-corrected chi connectivity index (χ4v) is 7.42. The van der Waals surface area contributed by atoms with Crippen molar-refractivity contribution >= 4 is 11.9 Å². The molecule has 0 aromatic rings. The summed E-state index contributed by atoms with van der Waals surface area (Å²) >= 11 is 0. The van der Waals surface area contributed by atoms with Crippen LogP contribution in [-0.4, -0.2) is 91.2 Å². The van der Waals surface area contributed by atoms with Gasteiger partial charge < -0.3 is 43.4 Å². The molecule has 0 radical (unpaired) electrons. The summed E-state index contributed by atoms with van der Waals surface area (Å²) in [7, 11) is 1.27. The van der Waals surface area contributed by atoms with Gasteiger partial charge in [0.2, 0.25) is 5.79 Å². The molecule has 284 valence electrons. The van der Waals surface area contributed by atoms with Crippen LogP contribution in [0.3, 0.4) is 0 Å². The number of unbranched alkanes of at least 4 members (excludes halogenated alkanes) is 4. The van der Waals surface area contributed by atoms with Gasteiger partial charge in [-0.25, -0.2) is 4.79 Å². The lowest BCUT2D eigenvalue weighted by Crippen LogP contribution is -2.62. The Morgan fingerprint density at radius 1 is 1.00 bits per heavy atom. The topological polar surface area (TPSA) is 139 Å². The van der Waals surface area contributed by atoms with Crippen LogP contribution in [0.1, 0.15) is 124 Å². The van der Waals surface area contributed by atoms with Gasteiger partial charge in [0.15, 0.2) is 12.4 Å². The molecule has 11 heteroatoms. The number of hydrogen-bond acceptors (Lipinski definition) is 11. The Hall–Kier alpha value is -2.28. The first-order chi connectivity index (χ1) is 24.0. The van der Waals surface area contributed by atoms with Crippen LogP contribution in [0, 0.1) is 5.41 Å². The minimum atomic E-state index is -2.14. The highest BCUT2D eigenvalue weighted by molar-refractivity contribution is 5.83. The number of esters is 2. The molecular formula is C39H62O11. The Labute approximate surface area is 298 Å². The fraction of sp³-hybridized carbons (Fsp3) is 0.795. The van der Waals surface area contributed by atoms with Gasteiger partial charge in [0.1, 0.15) is 6.10 Å². The Morgan fingerprint density at radius 2 is 1.74 bits per heavy atom. The predicted octanol–water partition coefficient (Wildman–Crippen LogP) is 6.34. The Morgan fingerprint density at radius 3 is 2.50 bits per heavy atom. The molecule has 2 unspecified atom stereocenters. The Kier molecular flexibility index (Phi) is 15.8. The van der Waals surface area contributed by atoms with E-state index in [2.05, 4.69) is 13.5 Å². The molecule has 0 amide bonds. The van der Waals surface area contributed by atoms with Crippen LogP contribution in [0.4, 0.5) is 0 Å². The summed E-state index contributed by atoms with van der Waals surface area (Å²) in [6.45, 7) is 10.0. The van der Waals surface area contributed by atoms with Crippen molar-refractivity contribution in [2.75, 3.05) is 20.3 Å². The molecule has 4 heterocycles. The van der Waals surface area contributed by atoms with Crippen LogP contribution in [0.5, 0.6) is 0 Å².